The van der Waals surface area contributed by atoms with E-state index in [1.165, 1.54) is 0 Å². The molecule has 0 aromatic rings. The van der Waals surface area contributed by atoms with Gasteiger partial charge < -0.3 is 10.8 Å². The predicted molar refractivity (Wildman–Crippen MR) is 52.3 cm³/mol. The number of carboxylic acids is 1. The summed E-state index contributed by atoms with van der Waals surface area (Å²) in [5.74, 6) is -1.53. The zero-order valence-corrected chi connectivity index (χ0v) is 8.88. The van der Waals surface area contributed by atoms with E-state index in [-0.39, 0.29) is 12.6 Å². The van der Waals surface area contributed by atoms with Gasteiger partial charge in [0.15, 0.2) is 0 Å². The molecule has 0 bridgehead atoms. The normalized spacial score (nSPS) is 13.9. The third-order valence-corrected chi connectivity index (χ3v) is 3.14. The van der Waals surface area contributed by atoms with Crippen LogP contribution in [0.3, 0.4) is 0 Å². The lowest BCUT2D eigenvalue weighted by molar-refractivity contribution is -0.136. The molecule has 0 radical (unpaired) electrons. The Balaban J connectivity index is 4.13. The topological polar surface area (TPSA) is 109 Å². The van der Waals surface area contributed by atoms with Crippen molar-refractivity contribution in [1.82, 2.24) is 4.72 Å². The van der Waals surface area contributed by atoms with Crippen LogP contribution in [-0.4, -0.2) is 37.8 Å². The van der Waals surface area contributed by atoms with Crippen LogP contribution in [0.1, 0.15) is 19.8 Å². The van der Waals surface area contributed by atoms with E-state index in [1.54, 1.807) is 6.92 Å². The van der Waals surface area contributed by atoms with E-state index in [1.807, 2.05) is 0 Å². The van der Waals surface area contributed by atoms with E-state index < -0.39 is 28.2 Å². The minimum absolute atomic E-state index is 0.211. The molecule has 0 saturated heterocycles. The molecule has 14 heavy (non-hydrogen) atoms. The average molecular weight is 224 g/mol. The Labute approximate surface area is 83.5 Å². The minimum Gasteiger partial charge on any atom is -0.481 e. The number of carboxylic acid groups (broad SMARTS) is 1. The highest BCUT2D eigenvalue weighted by atomic mass is 32.2. The summed E-state index contributed by atoms with van der Waals surface area (Å²) in [6.07, 6.45) is 0.194. The Kier molecular flexibility index (Phi) is 5.66. The first kappa shape index (κ1) is 13.3. The van der Waals surface area contributed by atoms with Crippen LogP contribution >= 0.6 is 0 Å². The summed E-state index contributed by atoms with van der Waals surface area (Å²) in [4.78, 5) is 10.2. The molecular formula is C7H16N2O4S. The summed E-state index contributed by atoms with van der Waals surface area (Å²) in [5, 5.41) is 8.31. The van der Waals surface area contributed by atoms with Crippen LogP contribution in [-0.2, 0) is 14.8 Å². The van der Waals surface area contributed by atoms with Gasteiger partial charge in [0, 0.05) is 12.6 Å². The van der Waals surface area contributed by atoms with E-state index in [4.69, 9.17) is 10.8 Å². The number of rotatable bonds is 7. The van der Waals surface area contributed by atoms with Gasteiger partial charge in [-0.05, 0) is 6.42 Å². The molecule has 4 N–H and O–H groups in total. The molecule has 0 aromatic carbocycles. The number of aliphatic carboxylic acids is 1. The molecule has 1 atom stereocenters. The van der Waals surface area contributed by atoms with Gasteiger partial charge in [0.25, 0.3) is 0 Å². The summed E-state index contributed by atoms with van der Waals surface area (Å²) in [7, 11) is -3.51. The number of nitrogens with two attached hydrogens (primary N) is 1. The van der Waals surface area contributed by atoms with E-state index in [0.717, 1.165) is 0 Å². The van der Waals surface area contributed by atoms with E-state index >= 15 is 0 Å². The van der Waals surface area contributed by atoms with Crippen LogP contribution in [0.25, 0.3) is 0 Å². The van der Waals surface area contributed by atoms with Gasteiger partial charge in [0.2, 0.25) is 10.0 Å². The van der Waals surface area contributed by atoms with Crippen LogP contribution in [0.4, 0.5) is 0 Å². The van der Waals surface area contributed by atoms with Crippen molar-refractivity contribution in [3.05, 3.63) is 0 Å². The Morgan fingerprint density at radius 1 is 1.57 bits per heavy atom. The molecule has 0 saturated carbocycles. The third kappa shape index (κ3) is 5.90. The Morgan fingerprint density at radius 2 is 2.14 bits per heavy atom. The monoisotopic (exact) mass is 224 g/mol. The van der Waals surface area contributed by atoms with Crippen molar-refractivity contribution in [1.29, 1.82) is 0 Å². The molecule has 0 aliphatic heterocycles. The first-order valence-corrected chi connectivity index (χ1v) is 5.98. The second kappa shape index (κ2) is 5.94. The lowest BCUT2D eigenvalue weighted by Crippen LogP contribution is -2.41. The fourth-order valence-electron chi connectivity index (χ4n) is 0.833. The summed E-state index contributed by atoms with van der Waals surface area (Å²) in [6.45, 7) is 2.01. The van der Waals surface area contributed by atoms with Crippen LogP contribution in [0.5, 0.6) is 0 Å². The highest BCUT2D eigenvalue weighted by Gasteiger charge is 2.16. The Hall–Kier alpha value is -0.660. The summed E-state index contributed by atoms with van der Waals surface area (Å²) >= 11 is 0. The highest BCUT2D eigenvalue weighted by molar-refractivity contribution is 7.89. The highest BCUT2D eigenvalue weighted by Crippen LogP contribution is 1.95. The molecule has 0 aliphatic carbocycles. The van der Waals surface area contributed by atoms with Crippen molar-refractivity contribution >= 4 is 16.0 Å². The second-order valence-corrected chi connectivity index (χ2v) is 4.79. The molecule has 0 fully saturated rings. The van der Waals surface area contributed by atoms with Gasteiger partial charge in [-0.15, -0.1) is 0 Å². The zero-order chi connectivity index (χ0) is 11.2. The molecule has 0 heterocycles. The molecule has 84 valence electrons. The minimum atomic E-state index is -3.51. The molecule has 0 aliphatic rings. The largest absolute Gasteiger partial charge is 0.481 e. The van der Waals surface area contributed by atoms with Crippen molar-refractivity contribution in [2.75, 3.05) is 12.3 Å². The van der Waals surface area contributed by atoms with Crippen LogP contribution in [0, 0.1) is 0 Å². The van der Waals surface area contributed by atoms with Crippen LogP contribution in [0.2, 0.25) is 0 Å². The maximum Gasteiger partial charge on any atom is 0.304 e. The molecule has 0 aromatic heterocycles. The number of hydrogen-bond donors (Lipinski definition) is 3. The quantitative estimate of drug-likeness (QED) is 0.520. The first-order chi connectivity index (χ1) is 6.41. The van der Waals surface area contributed by atoms with Crippen molar-refractivity contribution in [3.63, 3.8) is 0 Å². The second-order valence-electron chi connectivity index (χ2n) is 2.92. The SMILES string of the molecule is CCC(CN)NS(=O)(=O)CCC(=O)O. The number of hydrogen-bond acceptors (Lipinski definition) is 4. The molecular weight excluding hydrogens is 208 g/mol. The molecule has 7 heteroatoms. The van der Waals surface area contributed by atoms with Gasteiger partial charge in [0.05, 0.1) is 12.2 Å². The fourth-order valence-corrected chi connectivity index (χ4v) is 2.16. The number of nitrogens with one attached hydrogen (secondary N) is 1. The van der Waals surface area contributed by atoms with Gasteiger partial charge in [-0.1, -0.05) is 6.92 Å². The molecule has 1 unspecified atom stereocenters. The third-order valence-electron chi connectivity index (χ3n) is 1.71. The van der Waals surface area contributed by atoms with Gasteiger partial charge in [-0.25, -0.2) is 13.1 Å². The zero-order valence-electron chi connectivity index (χ0n) is 8.06. The predicted octanol–water partition coefficient (Wildman–Crippen LogP) is -0.882. The summed E-state index contributed by atoms with van der Waals surface area (Å²) in [5.41, 5.74) is 5.30. The van der Waals surface area contributed by atoms with Crippen LogP contribution < -0.4 is 10.5 Å². The lowest BCUT2D eigenvalue weighted by Gasteiger charge is -2.13. The maximum atomic E-state index is 11.2. The van der Waals surface area contributed by atoms with Crippen molar-refractivity contribution in [2.24, 2.45) is 5.73 Å². The Morgan fingerprint density at radius 3 is 2.50 bits per heavy atom. The van der Waals surface area contributed by atoms with Gasteiger partial charge in [0.1, 0.15) is 0 Å². The van der Waals surface area contributed by atoms with E-state index in [2.05, 4.69) is 4.72 Å². The number of sulfonamides is 1. The first-order valence-electron chi connectivity index (χ1n) is 4.33. The fraction of sp³-hybridized carbons (Fsp3) is 0.857. The van der Waals surface area contributed by atoms with Crippen molar-refractivity contribution < 1.29 is 18.3 Å². The maximum absolute atomic E-state index is 11.2. The van der Waals surface area contributed by atoms with Gasteiger partial charge in [-0.3, -0.25) is 4.79 Å². The smallest absolute Gasteiger partial charge is 0.304 e. The molecule has 0 amide bonds. The van der Waals surface area contributed by atoms with E-state index in [0.29, 0.717) is 6.42 Å². The van der Waals surface area contributed by atoms with Gasteiger partial charge in [-0.2, -0.15) is 0 Å². The molecule has 0 spiro atoms. The van der Waals surface area contributed by atoms with Crippen molar-refractivity contribution in [3.8, 4) is 0 Å². The lowest BCUT2D eigenvalue weighted by atomic mass is 10.2. The van der Waals surface area contributed by atoms with Gasteiger partial charge >= 0.3 is 5.97 Å². The molecule has 6 nitrogen and oxygen atoms in total. The van der Waals surface area contributed by atoms with Crippen LogP contribution in [0.15, 0.2) is 0 Å². The molecule has 0 rings (SSSR count). The summed E-state index contributed by atoms with van der Waals surface area (Å²) < 4.78 is 24.8. The van der Waals surface area contributed by atoms with E-state index in [9.17, 15) is 13.2 Å². The van der Waals surface area contributed by atoms with Crippen molar-refractivity contribution in [2.45, 2.75) is 25.8 Å². The standard InChI is InChI=1S/C7H16N2O4S/c1-2-6(5-8)9-14(12,13)4-3-7(10)11/h6,9H,2-5,8H2,1H3,(H,10,11). The number of carbonyl (C=O) groups is 1. The summed E-state index contributed by atoms with van der Waals surface area (Å²) in [6, 6.07) is -0.311. The Bertz CT molecular complexity index is 271. The average Bonchev–Trinajstić information content (AvgIpc) is 2.11.